The van der Waals surface area contributed by atoms with Crippen molar-refractivity contribution in [2.75, 3.05) is 13.7 Å². The molecule has 4 aromatic rings. The highest BCUT2D eigenvalue weighted by atomic mass is 16.5. The van der Waals surface area contributed by atoms with Crippen LogP contribution in [-0.4, -0.2) is 24.7 Å². The minimum Gasteiger partial charge on any atom is -0.492 e. The molecule has 0 amide bonds. The molecule has 0 unspecified atom stereocenters. The standard InChI is InChI=1S/C29H25NO4/c1-32-28(31)15-19-17-33-27-16-20(9-10-21(19)27)34-26-12-11-23-24(26)7-4-8-25(23)29-22-6-3-2-5-18(22)13-14-30-29/h2-10,13-14,16,19,26H,11-12,15,17H2,1H3/t19-,26-/m1/s1. The first kappa shape index (κ1) is 20.7. The number of fused-ring (bicyclic) bond motifs is 3. The number of carbonyl (C=O) groups is 1. The van der Waals surface area contributed by atoms with Crippen molar-refractivity contribution < 1.29 is 19.0 Å². The van der Waals surface area contributed by atoms with Crippen LogP contribution in [0.5, 0.6) is 11.5 Å². The molecule has 0 fully saturated rings. The Labute approximate surface area is 198 Å². The summed E-state index contributed by atoms with van der Waals surface area (Å²) in [6.45, 7) is 0.488. The maximum atomic E-state index is 11.7. The molecule has 0 N–H and O–H groups in total. The summed E-state index contributed by atoms with van der Waals surface area (Å²) in [5.74, 6) is 1.38. The molecule has 0 saturated heterocycles. The molecular weight excluding hydrogens is 426 g/mol. The summed E-state index contributed by atoms with van der Waals surface area (Å²) >= 11 is 0. The normalized spacial score (nSPS) is 18.3. The van der Waals surface area contributed by atoms with Gasteiger partial charge in [-0.3, -0.25) is 9.78 Å². The molecule has 0 saturated carbocycles. The molecule has 1 aromatic heterocycles. The molecule has 2 heterocycles. The van der Waals surface area contributed by atoms with E-state index in [-0.39, 0.29) is 18.0 Å². The smallest absolute Gasteiger partial charge is 0.306 e. The predicted molar refractivity (Wildman–Crippen MR) is 130 cm³/mol. The van der Waals surface area contributed by atoms with E-state index < -0.39 is 0 Å². The molecule has 2 aliphatic rings. The van der Waals surface area contributed by atoms with Crippen LogP contribution >= 0.6 is 0 Å². The fourth-order valence-corrected chi connectivity index (χ4v) is 5.24. The number of methoxy groups -OCH3 is 1. The van der Waals surface area contributed by atoms with Crippen LogP contribution in [0.3, 0.4) is 0 Å². The van der Waals surface area contributed by atoms with Crippen molar-refractivity contribution in [3.8, 4) is 22.8 Å². The summed E-state index contributed by atoms with van der Waals surface area (Å²) in [5.41, 5.74) is 5.78. The lowest BCUT2D eigenvalue weighted by molar-refractivity contribution is -0.141. The van der Waals surface area contributed by atoms with Crippen LogP contribution in [0.1, 0.15) is 41.6 Å². The van der Waals surface area contributed by atoms with Crippen LogP contribution in [0.15, 0.2) is 72.9 Å². The fraction of sp³-hybridized carbons (Fsp3) is 0.241. The van der Waals surface area contributed by atoms with Gasteiger partial charge in [-0.05, 0) is 41.5 Å². The van der Waals surface area contributed by atoms with E-state index in [1.54, 1.807) is 0 Å². The van der Waals surface area contributed by atoms with Crippen LogP contribution in [0.25, 0.3) is 22.0 Å². The van der Waals surface area contributed by atoms with E-state index in [0.29, 0.717) is 13.0 Å². The molecule has 1 aliphatic carbocycles. The highest BCUT2D eigenvalue weighted by molar-refractivity contribution is 5.95. The third kappa shape index (κ3) is 3.58. The lowest BCUT2D eigenvalue weighted by atomic mass is 9.97. The van der Waals surface area contributed by atoms with Crippen LogP contribution in [0.2, 0.25) is 0 Å². The Morgan fingerprint density at radius 1 is 1.06 bits per heavy atom. The van der Waals surface area contributed by atoms with Crippen LogP contribution < -0.4 is 9.47 Å². The first-order valence-corrected chi connectivity index (χ1v) is 11.7. The second-order valence-electron chi connectivity index (χ2n) is 8.89. The van der Waals surface area contributed by atoms with Crippen molar-refractivity contribution in [2.45, 2.75) is 31.3 Å². The molecule has 1 aliphatic heterocycles. The second-order valence-corrected chi connectivity index (χ2v) is 8.89. The summed E-state index contributed by atoms with van der Waals surface area (Å²) in [5, 5.41) is 2.36. The van der Waals surface area contributed by atoms with Gasteiger partial charge in [0.15, 0.2) is 0 Å². The Kier molecular flexibility index (Phi) is 5.17. The Bertz CT molecular complexity index is 1390. The van der Waals surface area contributed by atoms with Crippen LogP contribution in [-0.2, 0) is 16.0 Å². The topological polar surface area (TPSA) is 57.7 Å². The van der Waals surface area contributed by atoms with E-state index in [0.717, 1.165) is 35.6 Å². The number of esters is 1. The summed E-state index contributed by atoms with van der Waals surface area (Å²) in [4.78, 5) is 16.4. The van der Waals surface area contributed by atoms with E-state index in [4.69, 9.17) is 19.2 Å². The predicted octanol–water partition coefficient (Wildman–Crippen LogP) is 6.01. The first-order valence-electron chi connectivity index (χ1n) is 11.7. The van der Waals surface area contributed by atoms with Gasteiger partial charge in [-0.1, -0.05) is 48.5 Å². The molecule has 0 radical (unpaired) electrons. The van der Waals surface area contributed by atoms with Crippen molar-refractivity contribution >= 4 is 16.7 Å². The molecule has 34 heavy (non-hydrogen) atoms. The Morgan fingerprint density at radius 2 is 1.97 bits per heavy atom. The highest BCUT2D eigenvalue weighted by Gasteiger charge is 2.30. The van der Waals surface area contributed by atoms with Gasteiger partial charge in [0.1, 0.15) is 17.6 Å². The maximum Gasteiger partial charge on any atom is 0.306 e. The Morgan fingerprint density at radius 3 is 2.88 bits per heavy atom. The average Bonchev–Trinajstić information content (AvgIpc) is 3.47. The molecule has 3 aromatic carbocycles. The van der Waals surface area contributed by atoms with Gasteiger partial charge in [0, 0.05) is 34.7 Å². The molecule has 5 heteroatoms. The number of nitrogens with zero attached hydrogens (tertiary/aromatic N) is 1. The Hall–Kier alpha value is -3.86. The lowest BCUT2D eigenvalue weighted by Gasteiger charge is -2.17. The van der Waals surface area contributed by atoms with Gasteiger partial charge in [-0.2, -0.15) is 0 Å². The fourth-order valence-electron chi connectivity index (χ4n) is 5.24. The summed E-state index contributed by atoms with van der Waals surface area (Å²) < 4.78 is 17.1. The molecule has 6 rings (SSSR count). The zero-order valence-electron chi connectivity index (χ0n) is 19.0. The average molecular weight is 452 g/mol. The number of hydrogen-bond donors (Lipinski definition) is 0. The lowest BCUT2D eigenvalue weighted by Crippen LogP contribution is -2.09. The van der Waals surface area contributed by atoms with E-state index in [2.05, 4.69) is 48.5 Å². The highest BCUT2D eigenvalue weighted by Crippen LogP contribution is 2.43. The van der Waals surface area contributed by atoms with Crippen molar-refractivity contribution in [3.63, 3.8) is 0 Å². The quantitative estimate of drug-likeness (QED) is 0.348. The van der Waals surface area contributed by atoms with E-state index in [1.807, 2.05) is 24.4 Å². The number of hydrogen-bond acceptors (Lipinski definition) is 5. The van der Waals surface area contributed by atoms with Gasteiger partial charge in [0.2, 0.25) is 0 Å². The molecular formula is C29H25NO4. The van der Waals surface area contributed by atoms with Crippen molar-refractivity contribution in [2.24, 2.45) is 0 Å². The third-order valence-electron chi connectivity index (χ3n) is 6.93. The molecule has 5 nitrogen and oxygen atoms in total. The molecule has 0 bridgehead atoms. The number of benzene rings is 3. The van der Waals surface area contributed by atoms with Gasteiger partial charge in [-0.25, -0.2) is 0 Å². The van der Waals surface area contributed by atoms with Crippen LogP contribution in [0, 0.1) is 0 Å². The van der Waals surface area contributed by atoms with Gasteiger partial charge in [-0.15, -0.1) is 0 Å². The van der Waals surface area contributed by atoms with E-state index >= 15 is 0 Å². The van der Waals surface area contributed by atoms with Gasteiger partial charge >= 0.3 is 5.97 Å². The maximum absolute atomic E-state index is 11.7. The number of aromatic nitrogens is 1. The minimum atomic E-state index is -0.221. The minimum absolute atomic E-state index is 0.0183. The van der Waals surface area contributed by atoms with Gasteiger partial charge in [0.25, 0.3) is 0 Å². The largest absolute Gasteiger partial charge is 0.492 e. The number of ether oxygens (including phenoxy) is 3. The number of carbonyl (C=O) groups excluding carboxylic acids is 1. The van der Waals surface area contributed by atoms with Crippen molar-refractivity contribution in [3.05, 3.63) is 89.6 Å². The molecule has 2 atom stereocenters. The molecule has 0 spiro atoms. The second kappa shape index (κ2) is 8.49. The molecule has 170 valence electrons. The summed E-state index contributed by atoms with van der Waals surface area (Å²) in [6, 6.07) is 22.8. The Balaban J connectivity index is 1.28. The number of pyridine rings is 1. The van der Waals surface area contributed by atoms with Crippen molar-refractivity contribution in [1.82, 2.24) is 4.98 Å². The zero-order valence-corrected chi connectivity index (χ0v) is 19.0. The third-order valence-corrected chi connectivity index (χ3v) is 6.93. The summed E-state index contributed by atoms with van der Waals surface area (Å²) in [6.07, 6.45) is 4.06. The van der Waals surface area contributed by atoms with E-state index in [1.165, 1.54) is 34.6 Å². The van der Waals surface area contributed by atoms with Crippen LogP contribution in [0.4, 0.5) is 0 Å². The monoisotopic (exact) mass is 451 g/mol. The van der Waals surface area contributed by atoms with Gasteiger partial charge in [0.05, 0.1) is 25.8 Å². The van der Waals surface area contributed by atoms with Gasteiger partial charge < -0.3 is 14.2 Å². The summed E-state index contributed by atoms with van der Waals surface area (Å²) in [7, 11) is 1.41. The SMILES string of the molecule is COC(=O)C[C@@H]1COc2cc(O[C@@H]3CCc4c(-c5nccc6ccccc56)cccc43)ccc21. The van der Waals surface area contributed by atoms with Crippen molar-refractivity contribution in [1.29, 1.82) is 0 Å². The first-order chi connectivity index (χ1) is 16.7. The number of rotatable bonds is 5. The van der Waals surface area contributed by atoms with E-state index in [9.17, 15) is 4.79 Å². The zero-order chi connectivity index (χ0) is 23.1.